The lowest BCUT2D eigenvalue weighted by Gasteiger charge is -2.17. The van der Waals surface area contributed by atoms with Gasteiger partial charge in [-0.2, -0.15) is 0 Å². The number of nitrogens with one attached hydrogen (secondary N) is 2. The average Bonchev–Trinajstić information content (AvgIpc) is 2.70. The summed E-state index contributed by atoms with van der Waals surface area (Å²) in [4.78, 5) is 24.3. The van der Waals surface area contributed by atoms with Crippen molar-refractivity contribution < 1.29 is 23.1 Å². The van der Waals surface area contributed by atoms with Gasteiger partial charge < -0.3 is 10.1 Å². The van der Waals surface area contributed by atoms with Crippen molar-refractivity contribution in [1.29, 1.82) is 0 Å². The molecule has 3 rings (SSSR count). The lowest BCUT2D eigenvalue weighted by atomic mass is 10.1. The highest BCUT2D eigenvalue weighted by Crippen LogP contribution is 2.40. The first-order valence-electron chi connectivity index (χ1n) is 9.07. The Kier molecular flexibility index (Phi) is 7.23. The summed E-state index contributed by atoms with van der Waals surface area (Å²) in [5.74, 6) is -2.66. The van der Waals surface area contributed by atoms with Crippen molar-refractivity contribution in [3.8, 4) is 11.5 Å². The van der Waals surface area contributed by atoms with Crippen molar-refractivity contribution in [3.63, 3.8) is 0 Å². The number of carbonyl (C=O) groups excluding carboxylic acids is 2. The molecule has 3 aromatic rings. The third-order valence-corrected chi connectivity index (χ3v) is 5.41. The fourth-order valence-corrected chi connectivity index (χ4v) is 3.53. The molecule has 166 valence electrons. The molecular formula is C22H15Cl3F2N2O3. The summed E-state index contributed by atoms with van der Waals surface area (Å²) in [5, 5.41) is 5.15. The minimum atomic E-state index is -1.24. The van der Waals surface area contributed by atoms with Gasteiger partial charge in [0.25, 0.3) is 5.91 Å². The monoisotopic (exact) mass is 498 g/mol. The molecule has 0 fully saturated rings. The van der Waals surface area contributed by atoms with Crippen molar-refractivity contribution >= 4 is 52.4 Å². The molecule has 0 unspecified atom stereocenters. The second-order valence-corrected chi connectivity index (χ2v) is 7.91. The minimum Gasteiger partial charge on any atom is -0.455 e. The molecule has 3 aromatic carbocycles. The molecule has 0 saturated heterocycles. The van der Waals surface area contributed by atoms with Gasteiger partial charge in [-0.15, -0.1) is 0 Å². The predicted octanol–water partition coefficient (Wildman–Crippen LogP) is 7.30. The third kappa shape index (κ3) is 5.12. The van der Waals surface area contributed by atoms with Crippen LogP contribution in [0.3, 0.4) is 0 Å². The molecule has 5 nitrogen and oxygen atoms in total. The number of rotatable bonds is 4. The quantitative estimate of drug-likeness (QED) is 0.396. The van der Waals surface area contributed by atoms with E-state index < -0.39 is 29.1 Å². The van der Waals surface area contributed by atoms with E-state index in [1.807, 2.05) is 5.32 Å². The zero-order valence-electron chi connectivity index (χ0n) is 16.7. The van der Waals surface area contributed by atoms with E-state index in [9.17, 15) is 18.4 Å². The number of ether oxygens (including phenoxy) is 1. The van der Waals surface area contributed by atoms with Gasteiger partial charge in [0, 0.05) is 10.6 Å². The highest BCUT2D eigenvalue weighted by atomic mass is 35.5. The summed E-state index contributed by atoms with van der Waals surface area (Å²) in [5.41, 5.74) is 0.374. The van der Waals surface area contributed by atoms with Gasteiger partial charge in [-0.25, -0.2) is 13.6 Å². The molecule has 0 aliphatic rings. The molecule has 10 heteroatoms. The Morgan fingerprint density at radius 2 is 1.62 bits per heavy atom. The van der Waals surface area contributed by atoms with E-state index in [1.54, 1.807) is 26.0 Å². The van der Waals surface area contributed by atoms with Gasteiger partial charge in [-0.1, -0.05) is 40.9 Å². The van der Waals surface area contributed by atoms with Crippen molar-refractivity contribution in [2.45, 2.75) is 13.8 Å². The van der Waals surface area contributed by atoms with Crippen LogP contribution in [0, 0.1) is 25.5 Å². The Hall–Kier alpha value is -2.87. The normalized spacial score (nSPS) is 10.6. The van der Waals surface area contributed by atoms with Crippen molar-refractivity contribution in [2.75, 3.05) is 5.32 Å². The molecule has 0 aromatic heterocycles. The molecule has 0 atom stereocenters. The zero-order chi connectivity index (χ0) is 23.6. The fourth-order valence-electron chi connectivity index (χ4n) is 2.89. The lowest BCUT2D eigenvalue weighted by Crippen LogP contribution is -2.35. The number of anilines is 1. The summed E-state index contributed by atoms with van der Waals surface area (Å²) in [7, 11) is 0. The highest BCUT2D eigenvalue weighted by Gasteiger charge is 2.21. The third-order valence-electron chi connectivity index (χ3n) is 4.40. The number of urea groups is 1. The molecule has 3 amide bonds. The molecule has 0 spiro atoms. The Morgan fingerprint density at radius 3 is 2.25 bits per heavy atom. The molecule has 0 aliphatic carbocycles. The second-order valence-electron chi connectivity index (χ2n) is 6.69. The van der Waals surface area contributed by atoms with Gasteiger partial charge in [0.2, 0.25) is 0 Å². The maximum atomic E-state index is 13.7. The number of aryl methyl sites for hydroxylation is 1. The lowest BCUT2D eigenvalue weighted by molar-refractivity contribution is 0.0959. The molecule has 0 aliphatic heterocycles. The Bertz CT molecular complexity index is 1220. The molecule has 0 radical (unpaired) electrons. The van der Waals surface area contributed by atoms with Crippen LogP contribution in [-0.2, 0) is 0 Å². The van der Waals surface area contributed by atoms with Gasteiger partial charge in [-0.05, 0) is 55.8 Å². The van der Waals surface area contributed by atoms with Crippen LogP contribution in [0.25, 0.3) is 0 Å². The van der Waals surface area contributed by atoms with Gasteiger partial charge in [-0.3, -0.25) is 10.1 Å². The van der Waals surface area contributed by atoms with E-state index in [4.69, 9.17) is 39.5 Å². The average molecular weight is 500 g/mol. The van der Waals surface area contributed by atoms with Crippen LogP contribution in [0.5, 0.6) is 11.5 Å². The standard InChI is InChI=1S/C22H15Cl3F2N2O3/c1-10-8-16(28-22(31)29-21(30)18-14(26)4-3-5-15(18)27)19(25)11(2)20(10)32-17-7-6-12(23)9-13(17)24/h3-9H,1-2H3,(H2,28,29,30,31). The first kappa shape index (κ1) is 23.8. The molecule has 0 heterocycles. The second kappa shape index (κ2) is 9.73. The number of imide groups is 1. The van der Waals surface area contributed by atoms with Crippen molar-refractivity contribution in [3.05, 3.63) is 85.9 Å². The van der Waals surface area contributed by atoms with Crippen LogP contribution in [0.1, 0.15) is 21.5 Å². The van der Waals surface area contributed by atoms with Gasteiger partial charge >= 0.3 is 6.03 Å². The summed E-state index contributed by atoms with van der Waals surface area (Å²) >= 11 is 18.4. The largest absolute Gasteiger partial charge is 0.455 e. The predicted molar refractivity (Wildman–Crippen MR) is 120 cm³/mol. The Labute approximate surface area is 197 Å². The summed E-state index contributed by atoms with van der Waals surface area (Å²) in [6.45, 7) is 3.38. The van der Waals surface area contributed by atoms with Crippen LogP contribution >= 0.6 is 34.8 Å². The Balaban J connectivity index is 1.80. The van der Waals surface area contributed by atoms with Crippen LogP contribution in [0.4, 0.5) is 19.3 Å². The smallest absolute Gasteiger partial charge is 0.326 e. The molecule has 2 N–H and O–H groups in total. The summed E-state index contributed by atoms with van der Waals surface area (Å²) in [6.07, 6.45) is 0. The van der Waals surface area contributed by atoms with Crippen molar-refractivity contribution in [2.24, 2.45) is 0 Å². The zero-order valence-corrected chi connectivity index (χ0v) is 18.9. The maximum absolute atomic E-state index is 13.7. The van der Waals surface area contributed by atoms with Crippen LogP contribution in [0.2, 0.25) is 15.1 Å². The number of amides is 3. The molecular weight excluding hydrogens is 485 g/mol. The summed E-state index contributed by atoms with van der Waals surface area (Å²) in [6, 6.07) is 8.16. The van der Waals surface area contributed by atoms with Crippen molar-refractivity contribution in [1.82, 2.24) is 5.32 Å². The number of carbonyl (C=O) groups is 2. The highest BCUT2D eigenvalue weighted by molar-refractivity contribution is 6.36. The first-order chi connectivity index (χ1) is 15.1. The van der Waals surface area contributed by atoms with Gasteiger partial charge in [0.05, 0.1) is 15.7 Å². The molecule has 0 saturated carbocycles. The number of hydrogen-bond donors (Lipinski definition) is 2. The van der Waals surface area contributed by atoms with E-state index >= 15 is 0 Å². The minimum absolute atomic E-state index is 0.135. The van der Waals surface area contributed by atoms with Crippen LogP contribution in [0.15, 0.2) is 42.5 Å². The fraction of sp³-hybridized carbons (Fsp3) is 0.0909. The van der Waals surface area contributed by atoms with Gasteiger partial charge in [0.1, 0.15) is 28.7 Å². The maximum Gasteiger partial charge on any atom is 0.326 e. The van der Waals surface area contributed by atoms with Crippen LogP contribution in [-0.4, -0.2) is 11.9 Å². The van der Waals surface area contributed by atoms with E-state index in [-0.39, 0.29) is 10.7 Å². The Morgan fingerprint density at radius 1 is 0.969 bits per heavy atom. The van der Waals surface area contributed by atoms with Gasteiger partial charge in [0.15, 0.2) is 0 Å². The molecule has 0 bridgehead atoms. The number of benzene rings is 3. The SMILES string of the molecule is Cc1cc(NC(=O)NC(=O)c2c(F)cccc2F)c(Cl)c(C)c1Oc1ccc(Cl)cc1Cl. The van der Waals surface area contributed by atoms with E-state index in [1.165, 1.54) is 12.1 Å². The number of halogens is 5. The first-order valence-corrected chi connectivity index (χ1v) is 10.2. The topological polar surface area (TPSA) is 67.4 Å². The van der Waals surface area contributed by atoms with Crippen LogP contribution < -0.4 is 15.4 Å². The number of hydrogen-bond acceptors (Lipinski definition) is 3. The van der Waals surface area contributed by atoms with E-state index in [2.05, 4.69) is 5.32 Å². The van der Waals surface area contributed by atoms with E-state index in [0.29, 0.717) is 32.7 Å². The van der Waals surface area contributed by atoms with E-state index in [0.717, 1.165) is 18.2 Å². The molecule has 32 heavy (non-hydrogen) atoms. The summed E-state index contributed by atoms with van der Waals surface area (Å²) < 4.78 is 33.3.